The first kappa shape index (κ1) is 19.7. The van der Waals surface area contributed by atoms with Crippen LogP contribution in [0.4, 0.5) is 5.13 Å². The topological polar surface area (TPSA) is 65.5 Å². The average Bonchev–Trinajstić information content (AvgIpc) is 3.47. The van der Waals surface area contributed by atoms with Gasteiger partial charge in [0.15, 0.2) is 5.13 Å². The van der Waals surface area contributed by atoms with Gasteiger partial charge in [-0.2, -0.15) is 0 Å². The van der Waals surface area contributed by atoms with Crippen molar-refractivity contribution in [1.29, 1.82) is 0 Å². The number of nitrogens with one attached hydrogen (secondary N) is 1. The maximum absolute atomic E-state index is 12.8. The second kappa shape index (κ2) is 8.47. The lowest BCUT2D eigenvalue weighted by molar-refractivity contribution is -0.129. The Bertz CT molecular complexity index is 923. The van der Waals surface area contributed by atoms with E-state index in [1.165, 1.54) is 23.3 Å². The number of hydrogen-bond acceptors (Lipinski definition) is 5. The third kappa shape index (κ3) is 4.14. The van der Waals surface area contributed by atoms with E-state index in [-0.39, 0.29) is 17.7 Å². The fraction of sp³-hybridized carbons (Fsp3) is 0.522. The molecular weight excluding hydrogens is 396 g/mol. The van der Waals surface area contributed by atoms with Crippen molar-refractivity contribution < 1.29 is 9.59 Å². The van der Waals surface area contributed by atoms with Gasteiger partial charge >= 0.3 is 0 Å². The Hall–Kier alpha value is -2.25. The number of nitrogens with zero attached hydrogens (tertiary/aromatic N) is 3. The van der Waals surface area contributed by atoms with Crippen LogP contribution in [0.2, 0.25) is 0 Å². The standard InChI is InChI=1S/C23H28N4O2S/c28-21-12-17(14-27(21)18-8-4-5-9-18)22(29)25-23-24-19-10-11-26(15-20(19)30-23)13-16-6-2-1-3-7-16/h1-3,6-7,17-18H,4-5,8-15H2,(H,24,25,29)/t17-/m0/s1. The minimum Gasteiger partial charge on any atom is -0.339 e. The largest absolute Gasteiger partial charge is 0.339 e. The van der Waals surface area contributed by atoms with Gasteiger partial charge in [0.05, 0.1) is 11.6 Å². The number of fused-ring (bicyclic) bond motifs is 1. The fourth-order valence-corrected chi connectivity index (χ4v) is 6.02. The van der Waals surface area contributed by atoms with E-state index in [0.717, 1.165) is 44.6 Å². The Morgan fingerprint density at radius 3 is 2.80 bits per heavy atom. The van der Waals surface area contributed by atoms with Gasteiger partial charge in [-0.1, -0.05) is 43.2 Å². The third-order valence-electron chi connectivity index (χ3n) is 6.58. The van der Waals surface area contributed by atoms with E-state index in [9.17, 15) is 9.59 Å². The van der Waals surface area contributed by atoms with Crippen LogP contribution in [0.3, 0.4) is 0 Å². The molecule has 1 saturated heterocycles. The smallest absolute Gasteiger partial charge is 0.231 e. The van der Waals surface area contributed by atoms with E-state index >= 15 is 0 Å². The molecule has 1 aromatic carbocycles. The number of thiazole rings is 1. The molecule has 2 aliphatic heterocycles. The van der Waals surface area contributed by atoms with Gasteiger partial charge in [0.1, 0.15) is 0 Å². The number of benzene rings is 1. The van der Waals surface area contributed by atoms with Crippen LogP contribution in [-0.2, 0) is 29.1 Å². The number of carbonyl (C=O) groups excluding carboxylic acids is 2. The van der Waals surface area contributed by atoms with Gasteiger partial charge in [0.2, 0.25) is 11.8 Å². The number of aromatic nitrogens is 1. The zero-order valence-electron chi connectivity index (χ0n) is 17.2. The second-order valence-corrected chi connectivity index (χ2v) is 9.79. The van der Waals surface area contributed by atoms with Gasteiger partial charge < -0.3 is 10.2 Å². The van der Waals surface area contributed by atoms with E-state index in [1.807, 2.05) is 11.0 Å². The molecule has 2 fully saturated rings. The average molecular weight is 425 g/mol. The molecule has 1 N–H and O–H groups in total. The highest BCUT2D eigenvalue weighted by molar-refractivity contribution is 7.15. The SMILES string of the molecule is O=C(Nc1nc2c(s1)CN(Cc1ccccc1)CC2)[C@H]1CC(=O)N(C2CCCC2)C1. The molecule has 7 heteroatoms. The first-order valence-corrected chi connectivity index (χ1v) is 11.8. The maximum Gasteiger partial charge on any atom is 0.231 e. The van der Waals surface area contributed by atoms with Crippen molar-refractivity contribution in [3.63, 3.8) is 0 Å². The molecule has 158 valence electrons. The fourth-order valence-electron chi connectivity index (χ4n) is 4.96. The zero-order valence-corrected chi connectivity index (χ0v) is 18.0. The molecule has 1 aliphatic carbocycles. The summed E-state index contributed by atoms with van der Waals surface area (Å²) in [6.07, 6.45) is 5.79. The Morgan fingerprint density at radius 2 is 2.00 bits per heavy atom. The van der Waals surface area contributed by atoms with Gasteiger partial charge in [0.25, 0.3) is 0 Å². The van der Waals surface area contributed by atoms with Crippen LogP contribution in [0.15, 0.2) is 30.3 Å². The van der Waals surface area contributed by atoms with Gasteiger partial charge in [-0.3, -0.25) is 14.5 Å². The van der Waals surface area contributed by atoms with E-state index < -0.39 is 0 Å². The highest BCUT2D eigenvalue weighted by atomic mass is 32.1. The molecule has 2 amide bonds. The Labute approximate surface area is 181 Å². The summed E-state index contributed by atoms with van der Waals surface area (Å²) >= 11 is 1.58. The van der Waals surface area contributed by atoms with Crippen molar-refractivity contribution in [2.75, 3.05) is 18.4 Å². The Morgan fingerprint density at radius 1 is 1.20 bits per heavy atom. The van der Waals surface area contributed by atoms with Gasteiger partial charge in [-0.15, -0.1) is 11.3 Å². The molecule has 2 aromatic rings. The van der Waals surface area contributed by atoms with Gasteiger partial charge in [-0.05, 0) is 18.4 Å². The highest BCUT2D eigenvalue weighted by Crippen LogP contribution is 2.32. The quantitative estimate of drug-likeness (QED) is 0.799. The monoisotopic (exact) mass is 424 g/mol. The van der Waals surface area contributed by atoms with Crippen LogP contribution in [-0.4, -0.2) is 45.7 Å². The van der Waals surface area contributed by atoms with Crippen molar-refractivity contribution in [3.05, 3.63) is 46.5 Å². The van der Waals surface area contributed by atoms with Crippen LogP contribution < -0.4 is 5.32 Å². The van der Waals surface area contributed by atoms with Crippen LogP contribution in [0, 0.1) is 5.92 Å². The third-order valence-corrected chi connectivity index (χ3v) is 7.58. The minimum atomic E-state index is -0.256. The molecule has 0 spiro atoms. The maximum atomic E-state index is 12.8. The molecule has 0 bridgehead atoms. The second-order valence-electron chi connectivity index (χ2n) is 8.71. The van der Waals surface area contributed by atoms with Gasteiger partial charge in [-0.25, -0.2) is 4.98 Å². The summed E-state index contributed by atoms with van der Waals surface area (Å²) in [5, 5.41) is 3.69. The van der Waals surface area contributed by atoms with E-state index in [2.05, 4.69) is 39.5 Å². The number of hydrogen-bond donors (Lipinski definition) is 1. The number of amides is 2. The van der Waals surface area contributed by atoms with Crippen LogP contribution >= 0.6 is 11.3 Å². The molecule has 3 heterocycles. The molecule has 30 heavy (non-hydrogen) atoms. The minimum absolute atomic E-state index is 0.0592. The van der Waals surface area contributed by atoms with E-state index in [1.54, 1.807) is 11.3 Å². The molecule has 3 aliphatic rings. The zero-order chi connectivity index (χ0) is 20.5. The predicted octanol–water partition coefficient (Wildman–Crippen LogP) is 3.43. The molecule has 6 nitrogen and oxygen atoms in total. The van der Waals surface area contributed by atoms with Crippen LogP contribution in [0.5, 0.6) is 0 Å². The first-order chi connectivity index (χ1) is 14.7. The van der Waals surface area contributed by atoms with E-state index in [0.29, 0.717) is 24.1 Å². The summed E-state index contributed by atoms with van der Waals surface area (Å²) in [5.74, 6) is -0.179. The number of likely N-dealkylation sites (tertiary alicyclic amines) is 1. The molecule has 0 unspecified atom stereocenters. The van der Waals surface area contributed by atoms with Gasteiger partial charge in [0, 0.05) is 49.9 Å². The summed E-state index contributed by atoms with van der Waals surface area (Å²) in [7, 11) is 0. The highest BCUT2D eigenvalue weighted by Gasteiger charge is 2.39. The molecule has 0 radical (unpaired) electrons. The van der Waals surface area contributed by atoms with Crippen molar-refractivity contribution in [2.24, 2.45) is 5.92 Å². The first-order valence-electron chi connectivity index (χ1n) is 11.0. The van der Waals surface area contributed by atoms with E-state index in [4.69, 9.17) is 0 Å². The summed E-state index contributed by atoms with van der Waals surface area (Å²) in [4.78, 5) is 35.5. The number of carbonyl (C=O) groups is 2. The Kier molecular flexibility index (Phi) is 5.56. The van der Waals surface area contributed by atoms with Crippen molar-refractivity contribution in [1.82, 2.24) is 14.8 Å². The summed E-state index contributed by atoms with van der Waals surface area (Å²) in [6.45, 7) is 3.34. The molecule has 1 saturated carbocycles. The van der Waals surface area contributed by atoms with Crippen molar-refractivity contribution >= 4 is 28.3 Å². The van der Waals surface area contributed by atoms with Crippen LogP contribution in [0.1, 0.15) is 48.2 Å². The normalized spacial score (nSPS) is 22.5. The lowest BCUT2D eigenvalue weighted by Crippen LogP contribution is -2.35. The molecular formula is C23H28N4O2S. The molecule has 1 atom stereocenters. The summed E-state index contributed by atoms with van der Waals surface area (Å²) < 4.78 is 0. The number of rotatable bonds is 5. The lowest BCUT2D eigenvalue weighted by Gasteiger charge is -2.25. The van der Waals surface area contributed by atoms with Crippen LogP contribution in [0.25, 0.3) is 0 Å². The van der Waals surface area contributed by atoms with Crippen molar-refractivity contribution in [3.8, 4) is 0 Å². The van der Waals surface area contributed by atoms with Crippen molar-refractivity contribution in [2.45, 2.75) is 57.7 Å². The molecule has 5 rings (SSSR count). The Balaban J connectivity index is 1.19. The summed E-state index contributed by atoms with van der Waals surface area (Å²) in [6, 6.07) is 10.9. The summed E-state index contributed by atoms with van der Waals surface area (Å²) in [5.41, 5.74) is 2.42. The lowest BCUT2D eigenvalue weighted by atomic mass is 10.1. The molecule has 1 aromatic heterocycles. The predicted molar refractivity (Wildman–Crippen MR) is 117 cm³/mol. The number of anilines is 1.